The van der Waals surface area contributed by atoms with Gasteiger partial charge in [0.2, 0.25) is 0 Å². The highest BCUT2D eigenvalue weighted by Gasteiger charge is 2.24. The largest absolute Gasteiger partial charge is 0.444 e. The SMILES string of the molecule is CC(C)(CCNCCc1nnc2ccccn12)NC(=O)OC(C)(C)C. The van der Waals surface area contributed by atoms with Gasteiger partial charge in [0.25, 0.3) is 0 Å². The standard InChI is InChI=1S/C18H29N5O2/c1-17(2,3)25-16(24)20-18(4,5)10-12-19-11-9-15-22-21-14-8-6-7-13-23(14)15/h6-8,13,19H,9-12H2,1-5H3,(H,20,24). The summed E-state index contributed by atoms with van der Waals surface area (Å²) in [7, 11) is 0. The van der Waals surface area contributed by atoms with Crippen LogP contribution in [0.4, 0.5) is 4.79 Å². The van der Waals surface area contributed by atoms with E-state index in [1.165, 1.54) is 0 Å². The van der Waals surface area contributed by atoms with Crippen LogP contribution in [0.2, 0.25) is 0 Å². The third-order valence-corrected chi connectivity index (χ3v) is 3.68. The van der Waals surface area contributed by atoms with Crippen molar-refractivity contribution in [1.82, 2.24) is 25.2 Å². The van der Waals surface area contributed by atoms with Crippen LogP contribution in [0.25, 0.3) is 5.65 Å². The molecule has 0 aromatic carbocycles. The van der Waals surface area contributed by atoms with Gasteiger partial charge in [0.15, 0.2) is 5.65 Å². The van der Waals surface area contributed by atoms with Gasteiger partial charge in [-0.05, 0) is 59.7 Å². The van der Waals surface area contributed by atoms with E-state index in [4.69, 9.17) is 4.74 Å². The molecule has 0 atom stereocenters. The van der Waals surface area contributed by atoms with Crippen molar-refractivity contribution in [2.75, 3.05) is 13.1 Å². The average molecular weight is 347 g/mol. The molecule has 0 saturated heterocycles. The number of nitrogens with one attached hydrogen (secondary N) is 2. The van der Waals surface area contributed by atoms with E-state index in [-0.39, 0.29) is 11.6 Å². The number of aromatic nitrogens is 3. The van der Waals surface area contributed by atoms with Gasteiger partial charge < -0.3 is 15.4 Å². The number of rotatable bonds is 7. The van der Waals surface area contributed by atoms with E-state index in [1.807, 2.05) is 63.4 Å². The van der Waals surface area contributed by atoms with E-state index >= 15 is 0 Å². The molecule has 0 aliphatic carbocycles. The molecule has 0 unspecified atom stereocenters. The predicted octanol–water partition coefficient (Wildman–Crippen LogP) is 2.55. The molecule has 1 amide bonds. The summed E-state index contributed by atoms with van der Waals surface area (Å²) >= 11 is 0. The smallest absolute Gasteiger partial charge is 0.408 e. The normalized spacial score (nSPS) is 12.4. The van der Waals surface area contributed by atoms with Crippen molar-refractivity contribution in [1.29, 1.82) is 0 Å². The molecule has 0 radical (unpaired) electrons. The van der Waals surface area contributed by atoms with Gasteiger partial charge in [-0.25, -0.2) is 4.79 Å². The number of fused-ring (bicyclic) bond motifs is 1. The van der Waals surface area contributed by atoms with Gasteiger partial charge >= 0.3 is 6.09 Å². The zero-order chi connectivity index (χ0) is 18.5. The molecule has 0 fully saturated rings. The van der Waals surface area contributed by atoms with Crippen LogP contribution in [0.5, 0.6) is 0 Å². The molecule has 0 saturated carbocycles. The third kappa shape index (κ3) is 6.34. The molecule has 7 nitrogen and oxygen atoms in total. The molecule has 138 valence electrons. The van der Waals surface area contributed by atoms with Gasteiger partial charge in [-0.3, -0.25) is 4.40 Å². The molecule has 2 heterocycles. The molecular weight excluding hydrogens is 318 g/mol. The zero-order valence-corrected chi connectivity index (χ0v) is 15.8. The van der Waals surface area contributed by atoms with Gasteiger partial charge in [-0.1, -0.05) is 6.07 Å². The summed E-state index contributed by atoms with van der Waals surface area (Å²) in [5.74, 6) is 0.939. The number of hydrogen-bond donors (Lipinski definition) is 2. The molecule has 2 aromatic heterocycles. The second-order valence-corrected chi connectivity index (χ2v) is 7.81. The Kier molecular flexibility index (Phi) is 6.00. The van der Waals surface area contributed by atoms with Gasteiger partial charge in [0.05, 0.1) is 0 Å². The summed E-state index contributed by atoms with van der Waals surface area (Å²) in [6, 6.07) is 5.86. The van der Waals surface area contributed by atoms with Crippen LogP contribution in [-0.2, 0) is 11.2 Å². The van der Waals surface area contributed by atoms with Crippen LogP contribution in [0.15, 0.2) is 24.4 Å². The first-order chi connectivity index (χ1) is 11.7. The van der Waals surface area contributed by atoms with Crippen molar-refractivity contribution in [3.05, 3.63) is 30.2 Å². The monoisotopic (exact) mass is 347 g/mol. The minimum Gasteiger partial charge on any atom is -0.444 e. The number of ether oxygens (including phenoxy) is 1. The maximum atomic E-state index is 11.9. The molecule has 0 aliphatic rings. The fraction of sp³-hybridized carbons (Fsp3) is 0.611. The molecule has 0 aliphatic heterocycles. The molecule has 2 N–H and O–H groups in total. The van der Waals surface area contributed by atoms with Crippen LogP contribution in [-0.4, -0.2) is 44.9 Å². The second-order valence-electron chi connectivity index (χ2n) is 7.81. The number of alkyl carbamates (subject to hydrolysis) is 1. The van der Waals surface area contributed by atoms with Crippen molar-refractivity contribution < 1.29 is 9.53 Å². The van der Waals surface area contributed by atoms with Crippen molar-refractivity contribution >= 4 is 11.7 Å². The number of hydrogen-bond acceptors (Lipinski definition) is 5. The lowest BCUT2D eigenvalue weighted by molar-refractivity contribution is 0.0468. The van der Waals surface area contributed by atoms with Crippen LogP contribution in [0.1, 0.15) is 46.9 Å². The Hall–Kier alpha value is -2.15. The van der Waals surface area contributed by atoms with E-state index in [1.54, 1.807) is 0 Å². The second kappa shape index (κ2) is 7.82. The fourth-order valence-corrected chi connectivity index (χ4v) is 2.43. The minimum absolute atomic E-state index is 0.336. The highest BCUT2D eigenvalue weighted by atomic mass is 16.6. The average Bonchev–Trinajstić information content (AvgIpc) is 2.87. The first-order valence-electron chi connectivity index (χ1n) is 8.67. The number of amides is 1. The summed E-state index contributed by atoms with van der Waals surface area (Å²) in [5.41, 5.74) is 0.0382. The van der Waals surface area contributed by atoms with Crippen LogP contribution in [0, 0.1) is 0 Å². The first-order valence-corrected chi connectivity index (χ1v) is 8.67. The van der Waals surface area contributed by atoms with Crippen molar-refractivity contribution in [2.45, 2.75) is 58.6 Å². The summed E-state index contributed by atoms with van der Waals surface area (Å²) in [5, 5.41) is 14.7. The lowest BCUT2D eigenvalue weighted by atomic mass is 10.0. The highest BCUT2D eigenvalue weighted by Crippen LogP contribution is 2.11. The van der Waals surface area contributed by atoms with Gasteiger partial charge in [-0.15, -0.1) is 10.2 Å². The van der Waals surface area contributed by atoms with Crippen molar-refractivity contribution in [3.8, 4) is 0 Å². The van der Waals surface area contributed by atoms with E-state index in [0.717, 1.165) is 37.4 Å². The van der Waals surface area contributed by atoms with E-state index < -0.39 is 5.60 Å². The first kappa shape index (κ1) is 19.2. The van der Waals surface area contributed by atoms with Gasteiger partial charge in [0, 0.05) is 24.7 Å². The topological polar surface area (TPSA) is 80.5 Å². The Morgan fingerprint density at radius 3 is 2.64 bits per heavy atom. The van der Waals surface area contributed by atoms with Gasteiger partial charge in [-0.2, -0.15) is 0 Å². The Morgan fingerprint density at radius 2 is 1.92 bits per heavy atom. The number of carbonyl (C=O) groups excluding carboxylic acids is 1. The Labute approximate surface area is 149 Å². The third-order valence-electron chi connectivity index (χ3n) is 3.68. The molecule has 2 aromatic rings. The molecule has 0 bridgehead atoms. The van der Waals surface area contributed by atoms with E-state index in [9.17, 15) is 4.79 Å². The summed E-state index contributed by atoms with van der Waals surface area (Å²) < 4.78 is 7.30. The number of nitrogens with zero attached hydrogens (tertiary/aromatic N) is 3. The molecule has 2 rings (SSSR count). The summed E-state index contributed by atoms with van der Waals surface area (Å²) in [6.45, 7) is 11.1. The maximum Gasteiger partial charge on any atom is 0.408 e. The lowest BCUT2D eigenvalue weighted by Crippen LogP contribution is -2.47. The van der Waals surface area contributed by atoms with Crippen LogP contribution in [0.3, 0.4) is 0 Å². The van der Waals surface area contributed by atoms with E-state index in [2.05, 4.69) is 20.8 Å². The van der Waals surface area contributed by atoms with Crippen molar-refractivity contribution in [2.24, 2.45) is 0 Å². The molecular formula is C18H29N5O2. The maximum absolute atomic E-state index is 11.9. The van der Waals surface area contributed by atoms with Crippen LogP contribution >= 0.6 is 0 Å². The molecule has 0 spiro atoms. The lowest BCUT2D eigenvalue weighted by Gasteiger charge is -2.28. The predicted molar refractivity (Wildman–Crippen MR) is 97.6 cm³/mol. The fourth-order valence-electron chi connectivity index (χ4n) is 2.43. The Bertz CT molecular complexity index is 703. The minimum atomic E-state index is -0.487. The highest BCUT2D eigenvalue weighted by molar-refractivity contribution is 5.68. The summed E-state index contributed by atoms with van der Waals surface area (Å²) in [4.78, 5) is 11.9. The Morgan fingerprint density at radius 1 is 1.16 bits per heavy atom. The zero-order valence-electron chi connectivity index (χ0n) is 15.8. The summed E-state index contributed by atoms with van der Waals surface area (Å²) in [6.07, 6.45) is 3.18. The van der Waals surface area contributed by atoms with Gasteiger partial charge in [0.1, 0.15) is 11.4 Å². The Balaban J connectivity index is 1.70. The number of pyridine rings is 1. The number of carbonyl (C=O) groups is 1. The van der Waals surface area contributed by atoms with Crippen molar-refractivity contribution in [3.63, 3.8) is 0 Å². The molecule has 25 heavy (non-hydrogen) atoms. The quantitative estimate of drug-likeness (QED) is 0.753. The van der Waals surface area contributed by atoms with Crippen LogP contribution < -0.4 is 10.6 Å². The van der Waals surface area contributed by atoms with E-state index in [0.29, 0.717) is 0 Å². The molecule has 7 heteroatoms.